The Morgan fingerprint density at radius 3 is 2.54 bits per heavy atom. The molecule has 4 heteroatoms. The van der Waals surface area contributed by atoms with Gasteiger partial charge in [-0.25, -0.2) is 4.98 Å². The molecule has 1 aromatic rings. The van der Waals surface area contributed by atoms with E-state index in [1.165, 1.54) is 0 Å². The van der Waals surface area contributed by atoms with Gasteiger partial charge in [-0.15, -0.1) is 0 Å². The number of hydrogen-bond acceptors (Lipinski definition) is 3. The maximum absolute atomic E-state index is 6.03. The van der Waals surface area contributed by atoms with Gasteiger partial charge in [-0.3, -0.25) is 4.68 Å². The fourth-order valence-corrected chi connectivity index (χ4v) is 1.01. The minimum absolute atomic E-state index is 0.117. The van der Waals surface area contributed by atoms with Crippen LogP contribution in [-0.2, 0) is 13.5 Å². The van der Waals surface area contributed by atoms with E-state index in [0.717, 1.165) is 12.2 Å². The second-order valence-electron chi connectivity index (χ2n) is 4.48. The zero-order valence-corrected chi connectivity index (χ0v) is 8.78. The zero-order chi connectivity index (χ0) is 10.1. The van der Waals surface area contributed by atoms with E-state index in [4.69, 9.17) is 5.73 Å². The van der Waals surface area contributed by atoms with Crippen LogP contribution in [0, 0.1) is 5.41 Å². The molecule has 4 nitrogen and oxygen atoms in total. The molecule has 0 radical (unpaired) electrons. The lowest BCUT2D eigenvalue weighted by Gasteiger charge is -2.26. The topological polar surface area (TPSA) is 56.7 Å². The first-order chi connectivity index (χ1) is 5.91. The van der Waals surface area contributed by atoms with Gasteiger partial charge in [0.05, 0.1) is 0 Å². The molecule has 1 aromatic heterocycles. The Balaban J connectivity index is 2.65. The van der Waals surface area contributed by atoms with Gasteiger partial charge in [0, 0.05) is 19.5 Å². The van der Waals surface area contributed by atoms with E-state index in [-0.39, 0.29) is 11.5 Å². The second kappa shape index (κ2) is 3.46. The Morgan fingerprint density at radius 2 is 2.15 bits per heavy atom. The third-order valence-electron chi connectivity index (χ3n) is 2.32. The number of hydrogen-bond donors (Lipinski definition) is 1. The van der Waals surface area contributed by atoms with Crippen LogP contribution in [0.1, 0.15) is 26.6 Å². The number of aromatic nitrogens is 3. The molecule has 1 unspecified atom stereocenters. The third kappa shape index (κ3) is 2.52. The number of rotatable bonds is 2. The fraction of sp³-hybridized carbons (Fsp3) is 0.778. The minimum atomic E-state index is 0.117. The first-order valence-electron chi connectivity index (χ1n) is 4.49. The minimum Gasteiger partial charge on any atom is -0.327 e. The van der Waals surface area contributed by atoms with Crippen molar-refractivity contribution in [2.45, 2.75) is 33.2 Å². The standard InChI is InChI=1S/C9H18N4/c1-9(2,3)7(10)5-8-11-6-12-13(8)4/h6-7H,5,10H2,1-4H3. The van der Waals surface area contributed by atoms with Gasteiger partial charge in [0.25, 0.3) is 0 Å². The van der Waals surface area contributed by atoms with Crippen molar-refractivity contribution in [3.8, 4) is 0 Å². The highest BCUT2D eigenvalue weighted by Gasteiger charge is 2.22. The van der Waals surface area contributed by atoms with E-state index in [2.05, 4.69) is 30.9 Å². The molecular weight excluding hydrogens is 164 g/mol. The van der Waals surface area contributed by atoms with Crippen LogP contribution in [0.4, 0.5) is 0 Å². The molecule has 74 valence electrons. The van der Waals surface area contributed by atoms with Crippen LogP contribution in [0.5, 0.6) is 0 Å². The van der Waals surface area contributed by atoms with Crippen LogP contribution < -0.4 is 5.73 Å². The summed E-state index contributed by atoms with van der Waals surface area (Å²) < 4.78 is 1.77. The summed E-state index contributed by atoms with van der Waals surface area (Å²) in [5.74, 6) is 0.947. The van der Waals surface area contributed by atoms with E-state index in [1.54, 1.807) is 11.0 Å². The lowest BCUT2D eigenvalue weighted by atomic mass is 9.85. The molecule has 1 atom stereocenters. The summed E-state index contributed by atoms with van der Waals surface area (Å²) in [5, 5.41) is 4.00. The molecule has 0 aliphatic rings. The van der Waals surface area contributed by atoms with Gasteiger partial charge < -0.3 is 5.73 Å². The van der Waals surface area contributed by atoms with Crippen molar-refractivity contribution in [1.82, 2.24) is 14.8 Å². The van der Waals surface area contributed by atoms with Crippen LogP contribution in [0.25, 0.3) is 0 Å². The predicted molar refractivity (Wildman–Crippen MR) is 52.1 cm³/mol. The van der Waals surface area contributed by atoms with Gasteiger partial charge in [0.15, 0.2) is 0 Å². The molecule has 1 rings (SSSR count). The second-order valence-corrected chi connectivity index (χ2v) is 4.48. The molecule has 0 aromatic carbocycles. The first kappa shape index (κ1) is 10.2. The smallest absolute Gasteiger partial charge is 0.138 e. The zero-order valence-electron chi connectivity index (χ0n) is 8.78. The van der Waals surface area contributed by atoms with Crippen molar-refractivity contribution in [1.29, 1.82) is 0 Å². The molecule has 0 saturated carbocycles. The summed E-state index contributed by atoms with van der Waals surface area (Å²) in [6, 6.07) is 0.121. The summed E-state index contributed by atoms with van der Waals surface area (Å²) in [5.41, 5.74) is 6.15. The van der Waals surface area contributed by atoms with E-state index >= 15 is 0 Å². The molecule has 0 bridgehead atoms. The third-order valence-corrected chi connectivity index (χ3v) is 2.32. The molecule has 0 aliphatic carbocycles. The molecule has 1 heterocycles. The SMILES string of the molecule is Cn1ncnc1CC(N)C(C)(C)C. The fourth-order valence-electron chi connectivity index (χ4n) is 1.01. The monoisotopic (exact) mass is 182 g/mol. The Morgan fingerprint density at radius 1 is 1.54 bits per heavy atom. The number of aryl methyl sites for hydroxylation is 1. The highest BCUT2D eigenvalue weighted by atomic mass is 15.3. The maximum atomic E-state index is 6.03. The van der Waals surface area contributed by atoms with E-state index in [0.29, 0.717) is 0 Å². The van der Waals surface area contributed by atoms with Crippen molar-refractivity contribution >= 4 is 0 Å². The molecule has 0 amide bonds. The highest BCUT2D eigenvalue weighted by Crippen LogP contribution is 2.19. The largest absolute Gasteiger partial charge is 0.327 e. The van der Waals surface area contributed by atoms with Crippen molar-refractivity contribution in [2.75, 3.05) is 0 Å². The molecule has 0 fully saturated rings. The molecule has 0 saturated heterocycles. The van der Waals surface area contributed by atoms with E-state index in [9.17, 15) is 0 Å². The van der Waals surface area contributed by atoms with Crippen molar-refractivity contribution in [3.63, 3.8) is 0 Å². The summed E-state index contributed by atoms with van der Waals surface area (Å²) >= 11 is 0. The Bertz CT molecular complexity index is 271. The number of nitrogens with two attached hydrogens (primary N) is 1. The Labute approximate surface area is 79.2 Å². The molecule has 2 N–H and O–H groups in total. The summed E-state index contributed by atoms with van der Waals surface area (Å²) in [7, 11) is 1.89. The summed E-state index contributed by atoms with van der Waals surface area (Å²) in [6.07, 6.45) is 2.34. The molecular formula is C9H18N4. The van der Waals surface area contributed by atoms with Gasteiger partial charge in [-0.1, -0.05) is 20.8 Å². The molecule has 13 heavy (non-hydrogen) atoms. The van der Waals surface area contributed by atoms with Gasteiger partial charge >= 0.3 is 0 Å². The average Bonchev–Trinajstić information content (AvgIpc) is 2.34. The summed E-state index contributed by atoms with van der Waals surface area (Å²) in [6.45, 7) is 6.40. The van der Waals surface area contributed by atoms with Crippen LogP contribution in [0.3, 0.4) is 0 Å². The Kier molecular flexibility index (Phi) is 2.71. The van der Waals surface area contributed by atoms with Crippen molar-refractivity contribution < 1.29 is 0 Å². The quantitative estimate of drug-likeness (QED) is 0.733. The predicted octanol–water partition coefficient (Wildman–Crippen LogP) is 0.731. The summed E-state index contributed by atoms with van der Waals surface area (Å²) in [4.78, 5) is 4.14. The highest BCUT2D eigenvalue weighted by molar-refractivity contribution is 4.91. The van der Waals surface area contributed by atoms with Crippen molar-refractivity contribution in [3.05, 3.63) is 12.2 Å². The lowest BCUT2D eigenvalue weighted by Crippen LogP contribution is -2.37. The molecule has 0 spiro atoms. The van der Waals surface area contributed by atoms with E-state index < -0.39 is 0 Å². The van der Waals surface area contributed by atoms with Crippen molar-refractivity contribution in [2.24, 2.45) is 18.2 Å². The Hall–Kier alpha value is -0.900. The molecule has 0 aliphatic heterocycles. The van der Waals surface area contributed by atoms with Gasteiger partial charge in [-0.05, 0) is 5.41 Å². The van der Waals surface area contributed by atoms with Gasteiger partial charge in [0.2, 0.25) is 0 Å². The van der Waals surface area contributed by atoms with Crippen LogP contribution in [-0.4, -0.2) is 20.8 Å². The van der Waals surface area contributed by atoms with Crippen LogP contribution >= 0.6 is 0 Å². The first-order valence-corrected chi connectivity index (χ1v) is 4.49. The number of nitrogens with zero attached hydrogens (tertiary/aromatic N) is 3. The normalized spacial score (nSPS) is 14.5. The maximum Gasteiger partial charge on any atom is 0.138 e. The van der Waals surface area contributed by atoms with E-state index in [1.807, 2.05) is 7.05 Å². The van der Waals surface area contributed by atoms with Crippen LogP contribution in [0.15, 0.2) is 6.33 Å². The lowest BCUT2D eigenvalue weighted by molar-refractivity contribution is 0.312. The average molecular weight is 182 g/mol. The van der Waals surface area contributed by atoms with Crippen LogP contribution in [0.2, 0.25) is 0 Å². The van der Waals surface area contributed by atoms with Gasteiger partial charge in [0.1, 0.15) is 12.2 Å². The van der Waals surface area contributed by atoms with Gasteiger partial charge in [-0.2, -0.15) is 5.10 Å².